The van der Waals surface area contributed by atoms with Crippen molar-refractivity contribution in [3.8, 4) is 28.8 Å². The second kappa shape index (κ2) is 11.3. The van der Waals surface area contributed by atoms with Crippen molar-refractivity contribution in [2.45, 2.75) is 53.6 Å². The number of benzene rings is 2. The quantitative estimate of drug-likeness (QED) is 0.274. The summed E-state index contributed by atoms with van der Waals surface area (Å²) in [6, 6.07) is 17.6. The number of hydrogen-bond acceptors (Lipinski definition) is 5. The molecule has 0 atom stereocenters. The van der Waals surface area contributed by atoms with Crippen LogP contribution in [-0.4, -0.2) is 39.1 Å². The van der Waals surface area contributed by atoms with Crippen molar-refractivity contribution in [2.75, 3.05) is 6.54 Å². The van der Waals surface area contributed by atoms with Crippen molar-refractivity contribution < 1.29 is 14.3 Å². The number of nitrogens with zero attached hydrogens (tertiary/aromatic N) is 4. The maximum absolute atomic E-state index is 13.5. The highest BCUT2D eigenvalue weighted by Gasteiger charge is 2.35. The number of carbonyl (C=O) groups excluding carboxylic acids is 2. The zero-order valence-corrected chi connectivity index (χ0v) is 22.5. The Balaban J connectivity index is 1.89. The molecule has 0 saturated carbocycles. The van der Waals surface area contributed by atoms with Gasteiger partial charge in [0.15, 0.2) is 0 Å². The number of ether oxygens (including phenoxy) is 1. The van der Waals surface area contributed by atoms with Gasteiger partial charge < -0.3 is 4.74 Å². The first-order valence-electron chi connectivity index (χ1n) is 12.9. The lowest BCUT2D eigenvalue weighted by molar-refractivity contribution is -0.140. The number of nitriles is 1. The average molecular weight is 509 g/mol. The van der Waals surface area contributed by atoms with Crippen molar-refractivity contribution in [3.05, 3.63) is 82.6 Å². The van der Waals surface area contributed by atoms with Gasteiger partial charge in [-0.1, -0.05) is 31.5 Å². The smallest absolute Gasteiger partial charge is 0.271 e. The first kappa shape index (κ1) is 26.6. The van der Waals surface area contributed by atoms with Gasteiger partial charge >= 0.3 is 0 Å². The Kier molecular flexibility index (Phi) is 7.92. The summed E-state index contributed by atoms with van der Waals surface area (Å²) in [4.78, 5) is 27.6. The van der Waals surface area contributed by atoms with E-state index in [0.29, 0.717) is 28.8 Å². The molecule has 2 heterocycles. The number of para-hydroxylation sites is 1. The Morgan fingerprint density at radius 3 is 2.45 bits per heavy atom. The molecule has 1 aromatic heterocycles. The third-order valence-corrected chi connectivity index (χ3v) is 6.45. The molecule has 0 aliphatic carbocycles. The molecule has 2 aromatic carbocycles. The molecule has 0 N–H and O–H groups in total. The van der Waals surface area contributed by atoms with Crippen LogP contribution in [0.1, 0.15) is 51.7 Å². The Morgan fingerprint density at radius 2 is 1.82 bits per heavy atom. The standard InChI is InChI=1S/C31H32N4O3/c1-6-7-15-34-30(36)27(22(5)28(18-32)31(34)37)17-23-19-35(24-11-9-8-10-12-24)33-29(23)26-14-13-25(16-21(26)4)38-20(2)3/h8-14,16-17,19-20H,6-7,15H2,1-5H3/b27-17+. The molecule has 0 spiro atoms. The lowest BCUT2D eigenvalue weighted by Gasteiger charge is -2.27. The fourth-order valence-corrected chi connectivity index (χ4v) is 4.47. The van der Waals surface area contributed by atoms with Gasteiger partial charge in [0.05, 0.1) is 11.8 Å². The van der Waals surface area contributed by atoms with Crippen molar-refractivity contribution in [3.63, 3.8) is 0 Å². The molecule has 0 fully saturated rings. The van der Waals surface area contributed by atoms with Crippen LogP contribution < -0.4 is 4.74 Å². The molecule has 2 amide bonds. The van der Waals surface area contributed by atoms with E-state index in [0.717, 1.165) is 29.0 Å². The van der Waals surface area contributed by atoms with Crippen molar-refractivity contribution in [1.29, 1.82) is 5.26 Å². The van der Waals surface area contributed by atoms with E-state index in [-0.39, 0.29) is 18.2 Å². The van der Waals surface area contributed by atoms with Gasteiger partial charge in [-0.25, -0.2) is 4.68 Å². The van der Waals surface area contributed by atoms with Crippen LogP contribution in [0.15, 0.2) is 71.4 Å². The molecule has 0 unspecified atom stereocenters. The molecule has 7 nitrogen and oxygen atoms in total. The molecule has 7 heteroatoms. The summed E-state index contributed by atoms with van der Waals surface area (Å²) in [5.41, 5.74) is 4.83. The van der Waals surface area contributed by atoms with E-state index in [9.17, 15) is 14.9 Å². The van der Waals surface area contributed by atoms with E-state index in [1.54, 1.807) is 17.7 Å². The average Bonchev–Trinajstić information content (AvgIpc) is 3.31. The number of unbranched alkanes of at least 4 members (excludes halogenated alkanes) is 1. The number of aryl methyl sites for hydroxylation is 1. The summed E-state index contributed by atoms with van der Waals surface area (Å²) >= 11 is 0. The van der Waals surface area contributed by atoms with E-state index in [1.807, 2.05) is 88.5 Å². The summed E-state index contributed by atoms with van der Waals surface area (Å²) in [5, 5.41) is 14.6. The summed E-state index contributed by atoms with van der Waals surface area (Å²) in [7, 11) is 0. The number of hydrogen-bond donors (Lipinski definition) is 0. The molecule has 3 aromatic rings. The molecule has 1 aliphatic heterocycles. The second-order valence-electron chi connectivity index (χ2n) is 9.64. The number of rotatable bonds is 8. The van der Waals surface area contributed by atoms with Gasteiger partial charge in [-0.3, -0.25) is 14.5 Å². The molecule has 38 heavy (non-hydrogen) atoms. The SMILES string of the molecule is CCCCN1C(=O)C(C#N)=C(C)/C(=C\c2cn(-c3ccccc3)nc2-c2ccc(OC(C)C)cc2C)C1=O. The minimum absolute atomic E-state index is 0.00433. The molecule has 1 aliphatic rings. The molecule has 0 bridgehead atoms. The molecule has 0 saturated heterocycles. The van der Waals surface area contributed by atoms with Crippen LogP contribution in [0.5, 0.6) is 5.75 Å². The van der Waals surface area contributed by atoms with Crippen LogP contribution in [-0.2, 0) is 9.59 Å². The highest BCUT2D eigenvalue weighted by Crippen LogP contribution is 2.33. The van der Waals surface area contributed by atoms with Crippen LogP contribution in [0.25, 0.3) is 23.0 Å². The zero-order valence-electron chi connectivity index (χ0n) is 22.5. The van der Waals surface area contributed by atoms with Crippen molar-refractivity contribution in [2.24, 2.45) is 0 Å². The second-order valence-corrected chi connectivity index (χ2v) is 9.64. The summed E-state index contributed by atoms with van der Waals surface area (Å²) in [6.45, 7) is 9.88. The number of aromatic nitrogens is 2. The molecule has 4 rings (SSSR count). The summed E-state index contributed by atoms with van der Waals surface area (Å²) < 4.78 is 7.64. The van der Waals surface area contributed by atoms with Gasteiger partial charge in [-0.15, -0.1) is 0 Å². The van der Waals surface area contributed by atoms with Gasteiger partial charge in [-0.2, -0.15) is 10.4 Å². The number of carbonyl (C=O) groups is 2. The largest absolute Gasteiger partial charge is 0.491 e. The van der Waals surface area contributed by atoms with E-state index < -0.39 is 11.8 Å². The topological polar surface area (TPSA) is 88.2 Å². The fraction of sp³-hybridized carbons (Fsp3) is 0.290. The van der Waals surface area contributed by atoms with E-state index >= 15 is 0 Å². The monoisotopic (exact) mass is 508 g/mol. The Morgan fingerprint density at radius 1 is 1.08 bits per heavy atom. The van der Waals surface area contributed by atoms with Gasteiger partial charge in [0.25, 0.3) is 11.8 Å². The predicted octanol–water partition coefficient (Wildman–Crippen LogP) is 6.03. The van der Waals surface area contributed by atoms with Gasteiger partial charge in [0.2, 0.25) is 0 Å². The first-order valence-corrected chi connectivity index (χ1v) is 12.9. The highest BCUT2D eigenvalue weighted by molar-refractivity contribution is 6.19. The third-order valence-electron chi connectivity index (χ3n) is 6.45. The lowest BCUT2D eigenvalue weighted by Crippen LogP contribution is -2.43. The van der Waals surface area contributed by atoms with Crippen molar-refractivity contribution in [1.82, 2.24) is 14.7 Å². The number of imide groups is 1. The fourth-order valence-electron chi connectivity index (χ4n) is 4.47. The van der Waals surface area contributed by atoms with Crippen LogP contribution >= 0.6 is 0 Å². The third kappa shape index (κ3) is 5.30. The predicted molar refractivity (Wildman–Crippen MR) is 147 cm³/mol. The first-order chi connectivity index (χ1) is 18.2. The van der Waals surface area contributed by atoms with Gasteiger partial charge in [0.1, 0.15) is 23.1 Å². The lowest BCUT2D eigenvalue weighted by atomic mass is 9.92. The molecule has 0 radical (unpaired) electrons. The Bertz CT molecular complexity index is 1470. The van der Waals surface area contributed by atoms with E-state index in [1.165, 1.54) is 4.90 Å². The maximum atomic E-state index is 13.5. The molecule has 194 valence electrons. The zero-order chi connectivity index (χ0) is 27.4. The molecular formula is C31H32N4O3. The van der Waals surface area contributed by atoms with Gasteiger partial charge in [-0.05, 0) is 81.7 Å². The maximum Gasteiger partial charge on any atom is 0.271 e. The summed E-state index contributed by atoms with van der Waals surface area (Å²) in [5.74, 6) is -0.151. The minimum atomic E-state index is -0.530. The highest BCUT2D eigenvalue weighted by atomic mass is 16.5. The van der Waals surface area contributed by atoms with Crippen LogP contribution in [0.2, 0.25) is 0 Å². The molecular weight excluding hydrogens is 476 g/mol. The van der Waals surface area contributed by atoms with Gasteiger partial charge in [0, 0.05) is 29.4 Å². The van der Waals surface area contributed by atoms with Crippen molar-refractivity contribution >= 4 is 17.9 Å². The van der Waals surface area contributed by atoms with E-state index in [2.05, 4.69) is 0 Å². The minimum Gasteiger partial charge on any atom is -0.491 e. The summed E-state index contributed by atoms with van der Waals surface area (Å²) in [6.07, 6.45) is 5.17. The Hall–Kier alpha value is -4.44. The van der Waals surface area contributed by atoms with Crippen LogP contribution in [0.3, 0.4) is 0 Å². The van der Waals surface area contributed by atoms with E-state index in [4.69, 9.17) is 9.84 Å². The Labute approximate surface area is 223 Å². The number of amides is 2. The normalized spacial score (nSPS) is 15.0. The van der Waals surface area contributed by atoms with Crippen LogP contribution in [0.4, 0.5) is 0 Å². The van der Waals surface area contributed by atoms with Crippen LogP contribution in [0, 0.1) is 18.3 Å².